The Labute approximate surface area is 46.9 Å². The van der Waals surface area contributed by atoms with Gasteiger partial charge in [0.1, 0.15) is 6.61 Å². The Morgan fingerprint density at radius 2 is 2.38 bits per heavy atom. The van der Waals surface area contributed by atoms with E-state index in [1.807, 2.05) is 0 Å². The number of carbonyl (C=O) groups excluding carboxylic acids is 1. The summed E-state index contributed by atoms with van der Waals surface area (Å²) >= 11 is 0. The van der Waals surface area contributed by atoms with Crippen LogP contribution in [-0.2, 0) is 14.4 Å². The van der Waals surface area contributed by atoms with Gasteiger partial charge in [0.15, 0.2) is 0 Å². The summed E-state index contributed by atoms with van der Waals surface area (Å²) in [6, 6.07) is 0. The predicted octanol–water partition coefficient (Wildman–Crippen LogP) is 0.0391. The second-order valence-corrected chi connectivity index (χ2v) is 1.10. The lowest BCUT2D eigenvalue weighted by Crippen LogP contribution is -2.09. The maximum absolute atomic E-state index is 9.97. The number of ether oxygens (including phenoxy) is 1. The van der Waals surface area contributed by atoms with Crippen molar-refractivity contribution in [3.63, 3.8) is 0 Å². The molecule has 0 aromatic heterocycles. The third-order valence-corrected chi connectivity index (χ3v) is 0.526. The van der Waals surface area contributed by atoms with Crippen molar-refractivity contribution in [3.05, 3.63) is 0 Å². The van der Waals surface area contributed by atoms with E-state index in [0.717, 1.165) is 0 Å². The molecule has 0 spiro atoms. The predicted molar refractivity (Wildman–Crippen MR) is 25.2 cm³/mol. The molecule has 0 bridgehead atoms. The van der Waals surface area contributed by atoms with Crippen LogP contribution in [0.1, 0.15) is 6.92 Å². The largest absolute Gasteiger partial charge is 0.370 e. The van der Waals surface area contributed by atoms with Gasteiger partial charge in [0, 0.05) is 6.61 Å². The molecule has 1 N–H and O–H groups in total. The quantitative estimate of drug-likeness (QED) is 0.422. The van der Waals surface area contributed by atoms with Crippen LogP contribution >= 0.6 is 0 Å². The van der Waals surface area contributed by atoms with Gasteiger partial charge in [-0.2, -0.15) is 5.26 Å². The molecule has 8 heavy (non-hydrogen) atoms. The third-order valence-electron chi connectivity index (χ3n) is 0.526. The first-order valence-electron chi connectivity index (χ1n) is 2.23. The van der Waals surface area contributed by atoms with Gasteiger partial charge in [-0.15, -0.1) is 0 Å². The van der Waals surface area contributed by atoms with Crippen LogP contribution in [0.5, 0.6) is 0 Å². The lowest BCUT2D eigenvalue weighted by atomic mass is 10.7. The fourth-order valence-electron chi connectivity index (χ4n) is 0.212. The van der Waals surface area contributed by atoms with Gasteiger partial charge >= 0.3 is 5.97 Å². The Bertz CT molecular complexity index is 70.4. The highest BCUT2D eigenvalue weighted by atomic mass is 17.1. The fourth-order valence-corrected chi connectivity index (χ4v) is 0.212. The molecule has 0 aliphatic rings. The van der Waals surface area contributed by atoms with Crippen LogP contribution in [-0.4, -0.2) is 24.4 Å². The minimum Gasteiger partial charge on any atom is -0.370 e. The van der Waals surface area contributed by atoms with Gasteiger partial charge in [-0.3, -0.25) is 4.89 Å². The molecule has 0 fully saturated rings. The SMILES string of the molecule is CCOCC(=O)OO. The van der Waals surface area contributed by atoms with Gasteiger partial charge in [-0.1, -0.05) is 0 Å². The molecule has 48 valence electrons. The van der Waals surface area contributed by atoms with Gasteiger partial charge in [0.2, 0.25) is 0 Å². The average Bonchev–Trinajstić information content (AvgIpc) is 1.83. The molecular formula is C4H8O4. The van der Waals surface area contributed by atoms with Crippen molar-refractivity contribution in [2.45, 2.75) is 6.92 Å². The van der Waals surface area contributed by atoms with E-state index in [4.69, 9.17) is 5.26 Å². The van der Waals surface area contributed by atoms with Crippen molar-refractivity contribution in [1.82, 2.24) is 0 Å². The normalized spacial score (nSPS) is 8.75. The molecule has 0 radical (unpaired) electrons. The van der Waals surface area contributed by atoms with E-state index in [0.29, 0.717) is 6.61 Å². The van der Waals surface area contributed by atoms with Crippen LogP contribution < -0.4 is 0 Å². The second kappa shape index (κ2) is 4.55. The minimum absolute atomic E-state index is 0.188. The van der Waals surface area contributed by atoms with Crippen LogP contribution in [0.25, 0.3) is 0 Å². The summed E-state index contributed by atoms with van der Waals surface area (Å²) < 4.78 is 4.55. The number of hydrogen-bond donors (Lipinski definition) is 1. The summed E-state index contributed by atoms with van der Waals surface area (Å²) in [4.78, 5) is 13.3. The van der Waals surface area contributed by atoms with Gasteiger partial charge in [0.25, 0.3) is 0 Å². The first-order valence-corrected chi connectivity index (χ1v) is 2.23. The molecule has 0 aromatic rings. The second-order valence-electron chi connectivity index (χ2n) is 1.10. The topological polar surface area (TPSA) is 55.8 Å². The Kier molecular flexibility index (Phi) is 4.20. The van der Waals surface area contributed by atoms with Crippen LogP contribution in [0.15, 0.2) is 0 Å². The fraction of sp³-hybridized carbons (Fsp3) is 0.750. The molecule has 0 saturated carbocycles. The van der Waals surface area contributed by atoms with E-state index in [2.05, 4.69) is 9.62 Å². The molecule has 0 atom stereocenters. The molecule has 0 aliphatic heterocycles. The van der Waals surface area contributed by atoms with Gasteiger partial charge < -0.3 is 4.74 Å². The van der Waals surface area contributed by atoms with Gasteiger partial charge in [0.05, 0.1) is 0 Å². The highest BCUT2D eigenvalue weighted by Crippen LogP contribution is 1.75. The van der Waals surface area contributed by atoms with Crippen LogP contribution in [0, 0.1) is 0 Å². The summed E-state index contributed by atoms with van der Waals surface area (Å²) in [5, 5.41) is 7.63. The minimum atomic E-state index is -0.771. The highest BCUT2D eigenvalue weighted by Gasteiger charge is 1.97. The summed E-state index contributed by atoms with van der Waals surface area (Å²) in [7, 11) is 0. The Morgan fingerprint density at radius 1 is 1.75 bits per heavy atom. The van der Waals surface area contributed by atoms with Crippen LogP contribution in [0.3, 0.4) is 0 Å². The van der Waals surface area contributed by atoms with E-state index in [-0.39, 0.29) is 6.61 Å². The van der Waals surface area contributed by atoms with E-state index < -0.39 is 5.97 Å². The smallest absolute Gasteiger partial charge is 0.367 e. The molecule has 0 saturated heterocycles. The molecule has 0 aromatic carbocycles. The molecule has 0 unspecified atom stereocenters. The van der Waals surface area contributed by atoms with E-state index in [1.165, 1.54) is 0 Å². The molecular weight excluding hydrogens is 112 g/mol. The summed E-state index contributed by atoms with van der Waals surface area (Å²) in [5.41, 5.74) is 0. The molecule has 0 amide bonds. The molecule has 4 heteroatoms. The standard InChI is InChI=1S/C4H8O4/c1-2-7-3-4(5)8-6/h6H,2-3H2,1H3. The lowest BCUT2D eigenvalue weighted by Gasteiger charge is -1.93. The van der Waals surface area contributed by atoms with Crippen LogP contribution in [0.2, 0.25) is 0 Å². The average molecular weight is 120 g/mol. The molecule has 4 nitrogen and oxygen atoms in total. The zero-order valence-electron chi connectivity index (χ0n) is 4.59. The maximum atomic E-state index is 9.97. The highest BCUT2D eigenvalue weighted by molar-refractivity contribution is 5.69. The first kappa shape index (κ1) is 7.39. The molecule has 0 rings (SSSR count). The Hall–Kier alpha value is -0.610. The monoisotopic (exact) mass is 120 g/mol. The van der Waals surface area contributed by atoms with E-state index in [1.54, 1.807) is 6.92 Å². The Balaban J connectivity index is 2.99. The number of carbonyl (C=O) groups is 1. The maximum Gasteiger partial charge on any atom is 0.367 e. The van der Waals surface area contributed by atoms with Crippen molar-refractivity contribution in [2.24, 2.45) is 0 Å². The Morgan fingerprint density at radius 3 is 2.75 bits per heavy atom. The number of rotatable bonds is 3. The first-order chi connectivity index (χ1) is 3.81. The summed E-state index contributed by atoms with van der Waals surface area (Å²) in [5.74, 6) is -0.771. The van der Waals surface area contributed by atoms with Gasteiger partial charge in [-0.05, 0) is 6.92 Å². The zero-order valence-corrected chi connectivity index (χ0v) is 4.59. The van der Waals surface area contributed by atoms with Crippen molar-refractivity contribution in [3.8, 4) is 0 Å². The molecule has 0 aliphatic carbocycles. The lowest BCUT2D eigenvalue weighted by molar-refractivity contribution is -0.238. The summed E-state index contributed by atoms with van der Waals surface area (Å²) in [6.07, 6.45) is 0. The van der Waals surface area contributed by atoms with Crippen molar-refractivity contribution < 1.29 is 19.7 Å². The summed E-state index contributed by atoms with van der Waals surface area (Å²) in [6.45, 7) is 1.99. The van der Waals surface area contributed by atoms with Crippen molar-refractivity contribution in [1.29, 1.82) is 0 Å². The van der Waals surface area contributed by atoms with E-state index in [9.17, 15) is 4.79 Å². The van der Waals surface area contributed by atoms with Crippen LogP contribution in [0.4, 0.5) is 0 Å². The zero-order chi connectivity index (χ0) is 6.41. The molecule has 0 heterocycles. The van der Waals surface area contributed by atoms with Crippen molar-refractivity contribution >= 4 is 5.97 Å². The number of hydrogen-bond acceptors (Lipinski definition) is 4. The third kappa shape index (κ3) is 3.58. The van der Waals surface area contributed by atoms with Crippen molar-refractivity contribution in [2.75, 3.05) is 13.2 Å². The van der Waals surface area contributed by atoms with E-state index >= 15 is 0 Å². The van der Waals surface area contributed by atoms with Gasteiger partial charge in [-0.25, -0.2) is 4.79 Å².